The van der Waals surface area contributed by atoms with E-state index in [1.165, 1.54) is 0 Å². The number of hydrogen-bond donors (Lipinski definition) is 1. The van der Waals surface area contributed by atoms with Crippen molar-refractivity contribution in [2.24, 2.45) is 0 Å². The Bertz CT molecular complexity index is 83.8. The molecule has 0 bridgehead atoms. The second kappa shape index (κ2) is 5.52. The first kappa shape index (κ1) is 10.9. The van der Waals surface area contributed by atoms with Crippen LogP contribution < -0.4 is 0 Å². The van der Waals surface area contributed by atoms with E-state index in [0.29, 0.717) is 0 Å². The molecular weight excluding hydrogens is 141 g/mol. The number of morpholine rings is 1. The van der Waals surface area contributed by atoms with Crippen LogP contribution in [-0.2, 0) is 4.74 Å². The van der Waals surface area contributed by atoms with E-state index in [0.717, 1.165) is 26.3 Å². The fourth-order valence-electron chi connectivity index (χ4n) is 0.951. The van der Waals surface area contributed by atoms with Crippen molar-refractivity contribution in [1.29, 1.82) is 0 Å². The van der Waals surface area contributed by atoms with Gasteiger partial charge in [-0.25, -0.2) is 0 Å². The Morgan fingerprint density at radius 1 is 1.40 bits per heavy atom. The fourth-order valence-corrected chi connectivity index (χ4v) is 0.951. The molecule has 1 heterocycles. The third-order valence-electron chi connectivity index (χ3n) is 1.57. The van der Waals surface area contributed by atoms with Crippen LogP contribution in [0.25, 0.3) is 0 Å². The topological polar surface area (TPSA) is 32.7 Å². The van der Waals surface area contributed by atoms with Gasteiger partial charge >= 0.3 is 29.6 Å². The van der Waals surface area contributed by atoms with Gasteiger partial charge in [0.05, 0.1) is 13.2 Å². The standard InChI is InChI=1S/C6H13NO2.Na.H/c1-6(8)7-2-4-9-5-3-7;;/h6,8H,2-5H2,1H3;;. The fraction of sp³-hybridized carbons (Fsp3) is 1.00. The molecule has 1 unspecified atom stereocenters. The Balaban J connectivity index is 0.000000810. The van der Waals surface area contributed by atoms with Gasteiger partial charge in [-0.05, 0) is 6.92 Å². The Labute approximate surface area is 83.6 Å². The number of nitrogens with zero attached hydrogens (tertiary/aromatic N) is 1. The first-order valence-corrected chi connectivity index (χ1v) is 3.30. The molecule has 1 aliphatic rings. The van der Waals surface area contributed by atoms with Gasteiger partial charge in [0.2, 0.25) is 0 Å². The summed E-state index contributed by atoms with van der Waals surface area (Å²) in [7, 11) is 0. The van der Waals surface area contributed by atoms with Crippen molar-refractivity contribution in [3.63, 3.8) is 0 Å². The predicted octanol–water partition coefficient (Wildman–Crippen LogP) is -0.992. The van der Waals surface area contributed by atoms with E-state index < -0.39 is 0 Å². The molecule has 1 N–H and O–H groups in total. The number of rotatable bonds is 1. The van der Waals surface area contributed by atoms with E-state index in [1.807, 2.05) is 4.90 Å². The van der Waals surface area contributed by atoms with Gasteiger partial charge in [0, 0.05) is 13.1 Å². The second-order valence-corrected chi connectivity index (χ2v) is 2.28. The summed E-state index contributed by atoms with van der Waals surface area (Å²) in [6, 6.07) is 0. The molecule has 0 spiro atoms. The summed E-state index contributed by atoms with van der Waals surface area (Å²) in [5, 5.41) is 9.05. The molecule has 1 aliphatic heterocycles. The van der Waals surface area contributed by atoms with Gasteiger partial charge in [0.1, 0.15) is 6.23 Å². The molecule has 4 heteroatoms. The average Bonchev–Trinajstić information content (AvgIpc) is 1.90. The van der Waals surface area contributed by atoms with Crippen molar-refractivity contribution in [3.8, 4) is 0 Å². The summed E-state index contributed by atoms with van der Waals surface area (Å²) >= 11 is 0. The third-order valence-corrected chi connectivity index (χ3v) is 1.57. The summed E-state index contributed by atoms with van der Waals surface area (Å²) in [6.45, 7) is 5.01. The van der Waals surface area contributed by atoms with Crippen LogP contribution in [0.5, 0.6) is 0 Å². The average molecular weight is 155 g/mol. The molecule has 10 heavy (non-hydrogen) atoms. The predicted molar refractivity (Wildman–Crippen MR) is 41.2 cm³/mol. The first-order chi connectivity index (χ1) is 4.30. The SMILES string of the molecule is CC(O)N1CCOCC1.[NaH]. The van der Waals surface area contributed by atoms with Crippen molar-refractivity contribution in [1.82, 2.24) is 4.90 Å². The van der Waals surface area contributed by atoms with Crippen molar-refractivity contribution in [2.45, 2.75) is 13.2 Å². The molecule has 0 aromatic carbocycles. The van der Waals surface area contributed by atoms with Gasteiger partial charge in [-0.2, -0.15) is 0 Å². The van der Waals surface area contributed by atoms with Crippen LogP contribution in [0.3, 0.4) is 0 Å². The van der Waals surface area contributed by atoms with Gasteiger partial charge in [0.25, 0.3) is 0 Å². The minimum absolute atomic E-state index is 0. The van der Waals surface area contributed by atoms with Crippen molar-refractivity contribution >= 4 is 29.6 Å². The van der Waals surface area contributed by atoms with Crippen LogP contribution in [0.1, 0.15) is 6.92 Å². The zero-order valence-electron chi connectivity index (χ0n) is 5.71. The summed E-state index contributed by atoms with van der Waals surface area (Å²) in [4.78, 5) is 1.99. The molecule has 56 valence electrons. The summed E-state index contributed by atoms with van der Waals surface area (Å²) in [6.07, 6.45) is -0.311. The number of ether oxygens (including phenoxy) is 1. The molecule has 0 aromatic rings. The van der Waals surface area contributed by atoms with Gasteiger partial charge in [-0.3, -0.25) is 4.90 Å². The molecule has 0 radical (unpaired) electrons. The molecular formula is C6H14NNaO2. The van der Waals surface area contributed by atoms with Gasteiger partial charge < -0.3 is 9.84 Å². The zero-order valence-corrected chi connectivity index (χ0v) is 5.71. The van der Waals surface area contributed by atoms with Crippen LogP contribution in [0.4, 0.5) is 0 Å². The molecule has 1 fully saturated rings. The van der Waals surface area contributed by atoms with E-state index in [1.54, 1.807) is 6.92 Å². The van der Waals surface area contributed by atoms with Crippen molar-refractivity contribution in [3.05, 3.63) is 0 Å². The molecule has 1 saturated heterocycles. The van der Waals surface area contributed by atoms with E-state index in [-0.39, 0.29) is 35.8 Å². The molecule has 1 atom stereocenters. The quantitative estimate of drug-likeness (QED) is 0.493. The normalized spacial score (nSPS) is 23.4. The van der Waals surface area contributed by atoms with E-state index in [4.69, 9.17) is 9.84 Å². The Morgan fingerprint density at radius 3 is 2.20 bits per heavy atom. The number of aliphatic hydroxyl groups is 1. The minimum atomic E-state index is -0.311. The van der Waals surface area contributed by atoms with Gasteiger partial charge in [-0.15, -0.1) is 0 Å². The molecule has 0 aliphatic carbocycles. The van der Waals surface area contributed by atoms with E-state index in [9.17, 15) is 0 Å². The monoisotopic (exact) mass is 155 g/mol. The van der Waals surface area contributed by atoms with E-state index >= 15 is 0 Å². The molecule has 0 saturated carbocycles. The Hall–Kier alpha value is 0.880. The van der Waals surface area contributed by atoms with Crippen LogP contribution >= 0.6 is 0 Å². The maximum atomic E-state index is 9.05. The molecule has 1 rings (SSSR count). The summed E-state index contributed by atoms with van der Waals surface area (Å²) < 4.78 is 5.10. The van der Waals surface area contributed by atoms with Crippen molar-refractivity contribution < 1.29 is 9.84 Å². The first-order valence-electron chi connectivity index (χ1n) is 3.30. The zero-order chi connectivity index (χ0) is 6.69. The number of aliphatic hydroxyl groups excluding tert-OH is 1. The molecule has 3 nitrogen and oxygen atoms in total. The van der Waals surface area contributed by atoms with Crippen LogP contribution in [0, 0.1) is 0 Å². The van der Waals surface area contributed by atoms with Gasteiger partial charge in [0.15, 0.2) is 0 Å². The van der Waals surface area contributed by atoms with Crippen LogP contribution in [-0.4, -0.2) is 72.1 Å². The van der Waals surface area contributed by atoms with E-state index in [2.05, 4.69) is 0 Å². The van der Waals surface area contributed by atoms with Crippen LogP contribution in [0.2, 0.25) is 0 Å². The van der Waals surface area contributed by atoms with Gasteiger partial charge in [-0.1, -0.05) is 0 Å². The number of hydrogen-bond acceptors (Lipinski definition) is 3. The molecule has 0 aromatic heterocycles. The summed E-state index contributed by atoms with van der Waals surface area (Å²) in [5.41, 5.74) is 0. The summed E-state index contributed by atoms with van der Waals surface area (Å²) in [5.74, 6) is 0. The Morgan fingerprint density at radius 2 is 1.90 bits per heavy atom. The third kappa shape index (κ3) is 3.32. The second-order valence-electron chi connectivity index (χ2n) is 2.28. The Kier molecular flexibility index (Phi) is 6.01. The van der Waals surface area contributed by atoms with Crippen molar-refractivity contribution in [2.75, 3.05) is 26.3 Å². The van der Waals surface area contributed by atoms with Crippen LogP contribution in [0.15, 0.2) is 0 Å². The maximum absolute atomic E-state index is 9.05. The molecule has 0 amide bonds.